The standard InChI is InChI=1S/C11H14ClNOSi.C8H7ClO3/c1-15(2,3)14-11(8-13)9-6-4-5-7-10(9)12;9-6-4-2-1-3-5(6)7(10)8(11)12/h4-7,11H,1-3H3;1-4,7,10H,(H,11,12)/t11-;7-/m01/s1. The Morgan fingerprint density at radius 3 is 1.85 bits per heavy atom. The van der Waals surface area contributed by atoms with Crippen LogP contribution in [0.25, 0.3) is 0 Å². The van der Waals surface area contributed by atoms with Gasteiger partial charge in [0.15, 0.2) is 20.5 Å². The van der Waals surface area contributed by atoms with E-state index < -0.39 is 26.5 Å². The van der Waals surface area contributed by atoms with Gasteiger partial charge >= 0.3 is 5.97 Å². The lowest BCUT2D eigenvalue weighted by molar-refractivity contribution is -0.146. The molecule has 2 N–H and O–H groups in total. The van der Waals surface area contributed by atoms with Crippen molar-refractivity contribution in [3.63, 3.8) is 0 Å². The molecule has 2 aromatic rings. The number of aliphatic hydroxyl groups is 1. The molecule has 5 nitrogen and oxygen atoms in total. The summed E-state index contributed by atoms with van der Waals surface area (Å²) in [4.78, 5) is 10.3. The minimum atomic E-state index is -1.73. The van der Waals surface area contributed by atoms with Crippen LogP contribution < -0.4 is 0 Å². The first-order chi connectivity index (χ1) is 12.6. The number of carboxylic acids is 1. The molecule has 2 atom stereocenters. The van der Waals surface area contributed by atoms with Crippen molar-refractivity contribution in [1.82, 2.24) is 0 Å². The van der Waals surface area contributed by atoms with Crippen LogP contribution >= 0.6 is 23.2 Å². The van der Waals surface area contributed by atoms with Crippen LogP contribution in [-0.4, -0.2) is 24.5 Å². The van der Waals surface area contributed by atoms with Crippen LogP contribution in [-0.2, 0) is 9.22 Å². The van der Waals surface area contributed by atoms with Gasteiger partial charge in [0.25, 0.3) is 0 Å². The van der Waals surface area contributed by atoms with Crippen LogP contribution in [0.2, 0.25) is 29.7 Å². The highest BCUT2D eigenvalue weighted by atomic mass is 35.5. The molecule has 0 amide bonds. The first kappa shape index (κ1) is 23.2. The third kappa shape index (κ3) is 7.71. The SMILES string of the molecule is C[Si](C)(C)O[C@@H](C#N)c1ccccc1Cl.O=C(O)[C@H](O)c1ccccc1Cl. The van der Waals surface area contributed by atoms with E-state index in [-0.39, 0.29) is 10.6 Å². The number of aliphatic carboxylic acids is 1. The summed E-state index contributed by atoms with van der Waals surface area (Å²) >= 11 is 11.7. The smallest absolute Gasteiger partial charge is 0.337 e. The number of benzene rings is 2. The highest BCUT2D eigenvalue weighted by Crippen LogP contribution is 2.27. The predicted octanol–water partition coefficient (Wildman–Crippen LogP) is 5.21. The van der Waals surface area contributed by atoms with E-state index in [1.165, 1.54) is 12.1 Å². The molecule has 0 unspecified atom stereocenters. The molecule has 8 heteroatoms. The van der Waals surface area contributed by atoms with Crippen molar-refractivity contribution in [2.24, 2.45) is 0 Å². The van der Waals surface area contributed by atoms with Crippen molar-refractivity contribution in [2.45, 2.75) is 31.8 Å². The van der Waals surface area contributed by atoms with Crippen LogP contribution in [0.3, 0.4) is 0 Å². The van der Waals surface area contributed by atoms with Crippen molar-refractivity contribution >= 4 is 37.5 Å². The minimum Gasteiger partial charge on any atom is -0.479 e. The van der Waals surface area contributed by atoms with E-state index in [9.17, 15) is 4.79 Å². The Kier molecular flexibility index (Phi) is 8.96. The number of hydrogen-bond acceptors (Lipinski definition) is 4. The minimum absolute atomic E-state index is 0.215. The highest BCUT2D eigenvalue weighted by Gasteiger charge is 2.23. The monoisotopic (exact) mass is 425 g/mol. The van der Waals surface area contributed by atoms with E-state index in [0.29, 0.717) is 5.02 Å². The van der Waals surface area contributed by atoms with Crippen molar-refractivity contribution in [2.75, 3.05) is 0 Å². The van der Waals surface area contributed by atoms with Crippen molar-refractivity contribution < 1.29 is 19.4 Å². The average Bonchev–Trinajstić information content (AvgIpc) is 2.60. The second-order valence-corrected chi connectivity index (χ2v) is 11.8. The van der Waals surface area contributed by atoms with E-state index in [2.05, 4.69) is 6.07 Å². The summed E-state index contributed by atoms with van der Waals surface area (Å²) in [6.45, 7) is 6.15. The molecule has 0 heterocycles. The second kappa shape index (κ2) is 10.5. The zero-order valence-corrected chi connectivity index (χ0v) is 17.7. The van der Waals surface area contributed by atoms with E-state index in [1.807, 2.05) is 37.8 Å². The number of rotatable bonds is 5. The molecular weight excluding hydrogens is 405 g/mol. The topological polar surface area (TPSA) is 90.5 Å². The summed E-state index contributed by atoms with van der Waals surface area (Å²) < 4.78 is 5.75. The number of carboxylic acid groups (broad SMARTS) is 1. The summed E-state index contributed by atoms with van der Waals surface area (Å²) in [5, 5.41) is 27.4. The molecule has 0 aliphatic heterocycles. The first-order valence-corrected chi connectivity index (χ1v) is 12.2. The number of nitrogens with zero attached hydrogens (tertiary/aromatic N) is 1. The van der Waals surface area contributed by atoms with Crippen LogP contribution in [0.1, 0.15) is 23.3 Å². The Hall–Kier alpha value is -1.88. The molecule has 27 heavy (non-hydrogen) atoms. The molecule has 0 saturated heterocycles. The highest BCUT2D eigenvalue weighted by molar-refractivity contribution is 6.69. The number of aliphatic hydroxyl groups excluding tert-OH is 1. The fraction of sp³-hybridized carbons (Fsp3) is 0.263. The summed E-state index contributed by atoms with van der Waals surface area (Å²) in [5.74, 6) is -1.30. The van der Waals surface area contributed by atoms with Crippen LogP contribution in [0.4, 0.5) is 0 Å². The lowest BCUT2D eigenvalue weighted by Gasteiger charge is -2.22. The van der Waals surface area contributed by atoms with Gasteiger partial charge in [0.05, 0.1) is 6.07 Å². The summed E-state index contributed by atoms with van der Waals surface area (Å²) in [7, 11) is -1.73. The first-order valence-electron chi connectivity index (χ1n) is 8.04. The van der Waals surface area contributed by atoms with Gasteiger partial charge in [-0.15, -0.1) is 0 Å². The molecule has 0 fully saturated rings. The summed E-state index contributed by atoms with van der Waals surface area (Å²) in [5.41, 5.74) is 0.968. The predicted molar refractivity (Wildman–Crippen MR) is 108 cm³/mol. The van der Waals surface area contributed by atoms with Gasteiger partial charge in [-0.1, -0.05) is 59.6 Å². The van der Waals surface area contributed by atoms with Gasteiger partial charge in [-0.3, -0.25) is 0 Å². The molecule has 0 aromatic heterocycles. The molecule has 0 aliphatic carbocycles. The fourth-order valence-corrected chi connectivity index (χ4v) is 3.39. The van der Waals surface area contributed by atoms with Gasteiger partial charge < -0.3 is 14.6 Å². The van der Waals surface area contributed by atoms with E-state index in [0.717, 1.165) is 5.56 Å². The normalized spacial score (nSPS) is 12.9. The molecule has 144 valence electrons. The quantitative estimate of drug-likeness (QED) is 0.641. The number of carbonyl (C=O) groups is 1. The lowest BCUT2D eigenvalue weighted by Crippen LogP contribution is -2.27. The van der Waals surface area contributed by atoms with Gasteiger partial charge in [-0.05, 0) is 31.8 Å². The maximum Gasteiger partial charge on any atom is 0.337 e. The fourth-order valence-electron chi connectivity index (χ4n) is 2.03. The summed E-state index contributed by atoms with van der Waals surface area (Å²) in [6.07, 6.45) is -2.09. The largest absolute Gasteiger partial charge is 0.479 e. The Morgan fingerprint density at radius 2 is 1.48 bits per heavy atom. The van der Waals surface area contributed by atoms with E-state index >= 15 is 0 Å². The number of halogens is 2. The van der Waals surface area contributed by atoms with Crippen molar-refractivity contribution in [1.29, 1.82) is 5.26 Å². The summed E-state index contributed by atoms with van der Waals surface area (Å²) in [6, 6.07) is 15.7. The van der Waals surface area contributed by atoms with Crippen LogP contribution in [0, 0.1) is 11.3 Å². The lowest BCUT2D eigenvalue weighted by atomic mass is 10.1. The Labute approximate surface area is 169 Å². The maximum absolute atomic E-state index is 10.3. The zero-order valence-electron chi connectivity index (χ0n) is 15.2. The van der Waals surface area contributed by atoms with E-state index in [1.54, 1.807) is 18.2 Å². The molecule has 2 aromatic carbocycles. The second-order valence-electron chi connectivity index (χ2n) is 6.52. The molecular formula is C19H21Cl2NO4Si. The maximum atomic E-state index is 10.3. The molecule has 0 saturated carbocycles. The average molecular weight is 426 g/mol. The van der Waals surface area contributed by atoms with Gasteiger partial charge in [0, 0.05) is 21.2 Å². The van der Waals surface area contributed by atoms with Gasteiger partial charge in [-0.2, -0.15) is 5.26 Å². The van der Waals surface area contributed by atoms with Gasteiger partial charge in [-0.25, -0.2) is 4.79 Å². The Morgan fingerprint density at radius 1 is 1.04 bits per heavy atom. The van der Waals surface area contributed by atoms with Gasteiger partial charge in [0.1, 0.15) is 0 Å². The molecule has 2 rings (SSSR count). The number of hydrogen-bond donors (Lipinski definition) is 2. The molecule has 0 bridgehead atoms. The van der Waals surface area contributed by atoms with Gasteiger partial charge in [0.2, 0.25) is 0 Å². The Bertz CT molecular complexity index is 818. The van der Waals surface area contributed by atoms with E-state index in [4.69, 9.17) is 43.1 Å². The molecule has 0 spiro atoms. The third-order valence-electron chi connectivity index (χ3n) is 3.21. The van der Waals surface area contributed by atoms with Crippen molar-refractivity contribution in [3.05, 3.63) is 69.7 Å². The molecule has 0 aliphatic rings. The Balaban J connectivity index is 0.000000277. The molecule has 0 radical (unpaired) electrons. The van der Waals surface area contributed by atoms with Crippen LogP contribution in [0.15, 0.2) is 48.5 Å². The zero-order chi connectivity index (χ0) is 20.6. The van der Waals surface area contributed by atoms with Crippen LogP contribution in [0.5, 0.6) is 0 Å². The van der Waals surface area contributed by atoms with Crippen molar-refractivity contribution in [3.8, 4) is 6.07 Å². The third-order valence-corrected chi connectivity index (χ3v) is 4.84. The number of nitriles is 1.